The topological polar surface area (TPSA) is 41.7 Å². The number of nitrogens with zero attached hydrogens (tertiary/aromatic N) is 1. The lowest BCUT2D eigenvalue weighted by Crippen LogP contribution is -2.06. The van der Waals surface area contributed by atoms with Crippen LogP contribution in [0.3, 0.4) is 0 Å². The molecule has 0 saturated carbocycles. The molecule has 0 aliphatic heterocycles. The van der Waals surface area contributed by atoms with Gasteiger partial charge in [-0.1, -0.05) is 30.3 Å². The molecule has 0 spiro atoms. The van der Waals surface area contributed by atoms with Gasteiger partial charge < -0.3 is 5.11 Å². The largest absolute Gasteiger partial charge is 0.523 e. The van der Waals surface area contributed by atoms with E-state index in [9.17, 15) is 9.90 Å². The van der Waals surface area contributed by atoms with E-state index in [0.717, 1.165) is 5.56 Å². The van der Waals surface area contributed by atoms with Crippen molar-refractivity contribution >= 4 is 11.4 Å². The van der Waals surface area contributed by atoms with Crippen LogP contribution in [0.5, 0.6) is 0 Å². The van der Waals surface area contributed by atoms with Gasteiger partial charge in [0.2, 0.25) is 5.70 Å². The first-order valence-corrected chi connectivity index (χ1v) is 4.82. The fourth-order valence-electron chi connectivity index (χ4n) is 1.65. The Hall–Kier alpha value is -2.34. The Balaban J connectivity index is 2.55. The average Bonchev–Trinajstić information content (AvgIpc) is 2.29. The monoisotopic (exact) mass is 211 g/mol. The number of rotatable bonds is 1. The number of hydrogen-bond donors (Lipinski definition) is 1. The third kappa shape index (κ3) is 1.73. The van der Waals surface area contributed by atoms with E-state index >= 15 is 0 Å². The Morgan fingerprint density at radius 1 is 1.25 bits per heavy atom. The van der Waals surface area contributed by atoms with Gasteiger partial charge in [-0.05, 0) is 17.2 Å². The highest BCUT2D eigenvalue weighted by molar-refractivity contribution is 6.04. The molecule has 3 heteroatoms. The summed E-state index contributed by atoms with van der Waals surface area (Å²) in [6, 6.07) is 9.13. The molecule has 0 saturated heterocycles. The van der Waals surface area contributed by atoms with Gasteiger partial charge in [-0.25, -0.2) is 4.85 Å². The number of benzene rings is 1. The molecule has 0 bridgehead atoms. The minimum atomic E-state index is -0.177. The first-order valence-electron chi connectivity index (χ1n) is 4.82. The molecule has 2 rings (SSSR count). The van der Waals surface area contributed by atoms with Crippen molar-refractivity contribution in [2.24, 2.45) is 0 Å². The smallest absolute Gasteiger partial charge is 0.231 e. The molecule has 0 aromatic heterocycles. The molecule has 1 aromatic rings. The Morgan fingerprint density at radius 3 is 2.56 bits per heavy atom. The summed E-state index contributed by atoms with van der Waals surface area (Å²) in [5, 5.41) is 9.58. The minimum Gasteiger partial charge on any atom is -0.523 e. The number of aliphatic hydroxyl groups is 1. The molecule has 1 aromatic carbocycles. The second kappa shape index (κ2) is 4.03. The normalized spacial score (nSPS) is 15.7. The van der Waals surface area contributed by atoms with E-state index in [1.54, 1.807) is 0 Å². The van der Waals surface area contributed by atoms with Crippen molar-refractivity contribution in [3.63, 3.8) is 0 Å². The van der Waals surface area contributed by atoms with Crippen LogP contribution in [0.25, 0.3) is 10.4 Å². The zero-order chi connectivity index (χ0) is 11.5. The number of hydrogen-bond acceptors (Lipinski definition) is 2. The van der Waals surface area contributed by atoms with Gasteiger partial charge in [0, 0.05) is 0 Å². The van der Waals surface area contributed by atoms with E-state index in [1.807, 2.05) is 30.3 Å². The van der Waals surface area contributed by atoms with Crippen molar-refractivity contribution in [3.05, 3.63) is 64.8 Å². The maximum atomic E-state index is 11.3. The Kier molecular flexibility index (Phi) is 2.57. The molecule has 16 heavy (non-hydrogen) atoms. The van der Waals surface area contributed by atoms with Crippen LogP contribution in [0.15, 0.2) is 47.9 Å². The van der Waals surface area contributed by atoms with Gasteiger partial charge in [0.05, 0.1) is 13.0 Å². The number of ketones is 1. The summed E-state index contributed by atoms with van der Waals surface area (Å²) >= 11 is 0. The van der Waals surface area contributed by atoms with Crippen LogP contribution in [-0.2, 0) is 4.79 Å². The minimum absolute atomic E-state index is 0.0754. The van der Waals surface area contributed by atoms with Crippen molar-refractivity contribution in [2.45, 2.75) is 6.42 Å². The third-order valence-corrected chi connectivity index (χ3v) is 2.37. The predicted octanol–water partition coefficient (Wildman–Crippen LogP) is 2.73. The molecular weight excluding hydrogens is 202 g/mol. The Bertz CT molecular complexity index is 533. The Labute approximate surface area is 93.2 Å². The lowest BCUT2D eigenvalue weighted by Gasteiger charge is -2.12. The van der Waals surface area contributed by atoms with Crippen LogP contribution in [0, 0.1) is 6.57 Å². The van der Waals surface area contributed by atoms with Gasteiger partial charge in [-0.3, -0.25) is 4.79 Å². The van der Waals surface area contributed by atoms with Crippen molar-refractivity contribution in [3.8, 4) is 0 Å². The molecule has 78 valence electrons. The SMILES string of the molecule is [C-]#[N+]C1=C(O)CC(=O)C=C1c1ccccc1. The van der Waals surface area contributed by atoms with E-state index < -0.39 is 0 Å². The van der Waals surface area contributed by atoms with Gasteiger partial charge in [-0.15, -0.1) is 0 Å². The van der Waals surface area contributed by atoms with Crippen LogP contribution in [0.2, 0.25) is 0 Å². The molecule has 0 amide bonds. The van der Waals surface area contributed by atoms with E-state index in [0.29, 0.717) is 5.57 Å². The highest BCUT2D eigenvalue weighted by Crippen LogP contribution is 2.30. The number of aliphatic hydroxyl groups excluding tert-OH is 1. The predicted molar refractivity (Wildman–Crippen MR) is 60.3 cm³/mol. The molecule has 0 heterocycles. The van der Waals surface area contributed by atoms with Gasteiger partial charge in [0.1, 0.15) is 5.76 Å². The summed E-state index contributed by atoms with van der Waals surface area (Å²) in [6.45, 7) is 7.03. The lowest BCUT2D eigenvalue weighted by atomic mass is 9.95. The van der Waals surface area contributed by atoms with E-state index in [1.165, 1.54) is 6.08 Å². The first-order chi connectivity index (χ1) is 7.72. The van der Waals surface area contributed by atoms with Crippen molar-refractivity contribution < 1.29 is 9.90 Å². The second-order valence-electron chi connectivity index (χ2n) is 3.47. The second-order valence-corrected chi connectivity index (χ2v) is 3.47. The number of carbonyl (C=O) groups is 1. The average molecular weight is 211 g/mol. The van der Waals surface area contributed by atoms with Crippen LogP contribution < -0.4 is 0 Å². The Morgan fingerprint density at radius 2 is 1.94 bits per heavy atom. The number of allylic oxidation sites excluding steroid dienone is 3. The zero-order valence-corrected chi connectivity index (χ0v) is 8.47. The van der Waals surface area contributed by atoms with Crippen LogP contribution >= 0.6 is 0 Å². The van der Waals surface area contributed by atoms with E-state index in [4.69, 9.17) is 6.57 Å². The maximum absolute atomic E-state index is 11.3. The first kappa shape index (κ1) is 10.2. The quantitative estimate of drug-likeness (QED) is 0.725. The van der Waals surface area contributed by atoms with E-state index in [-0.39, 0.29) is 23.7 Å². The molecule has 0 fully saturated rings. The summed E-state index contributed by atoms with van der Waals surface area (Å²) in [7, 11) is 0. The van der Waals surface area contributed by atoms with Crippen LogP contribution in [-0.4, -0.2) is 10.9 Å². The molecule has 1 aliphatic rings. The molecule has 0 atom stereocenters. The van der Waals surface area contributed by atoms with Gasteiger partial charge in [-0.2, -0.15) is 0 Å². The standard InChI is InChI=1S/C13H9NO2/c1-14-13-11(7-10(15)8-12(13)16)9-5-3-2-4-6-9/h2-7,16H,8H2. The molecule has 3 nitrogen and oxygen atoms in total. The molecular formula is C13H9NO2. The summed E-state index contributed by atoms with van der Waals surface area (Å²) in [5.41, 5.74) is 1.45. The molecule has 1 aliphatic carbocycles. The summed E-state index contributed by atoms with van der Waals surface area (Å²) in [4.78, 5) is 14.6. The highest BCUT2D eigenvalue weighted by Gasteiger charge is 2.21. The van der Waals surface area contributed by atoms with Crippen LogP contribution in [0.4, 0.5) is 0 Å². The summed E-state index contributed by atoms with van der Waals surface area (Å²) < 4.78 is 0. The third-order valence-electron chi connectivity index (χ3n) is 2.37. The van der Waals surface area contributed by atoms with Crippen molar-refractivity contribution in [1.29, 1.82) is 0 Å². The molecule has 0 unspecified atom stereocenters. The maximum Gasteiger partial charge on any atom is 0.231 e. The van der Waals surface area contributed by atoms with Gasteiger partial charge in [0.25, 0.3) is 0 Å². The molecule has 0 radical (unpaired) electrons. The van der Waals surface area contributed by atoms with Gasteiger partial charge >= 0.3 is 0 Å². The van der Waals surface area contributed by atoms with E-state index in [2.05, 4.69) is 4.85 Å². The molecule has 1 N–H and O–H groups in total. The summed E-state index contributed by atoms with van der Waals surface area (Å²) in [6.07, 6.45) is 1.34. The van der Waals surface area contributed by atoms with Crippen molar-refractivity contribution in [1.82, 2.24) is 0 Å². The summed E-state index contributed by atoms with van der Waals surface area (Å²) in [5.74, 6) is -0.315. The zero-order valence-electron chi connectivity index (χ0n) is 8.47. The number of carbonyl (C=O) groups excluding carboxylic acids is 1. The fraction of sp³-hybridized carbons (Fsp3) is 0.0769. The van der Waals surface area contributed by atoms with Crippen LogP contribution in [0.1, 0.15) is 12.0 Å². The lowest BCUT2D eigenvalue weighted by molar-refractivity contribution is -0.114. The van der Waals surface area contributed by atoms with Gasteiger partial charge in [0.15, 0.2) is 5.78 Å². The van der Waals surface area contributed by atoms with Crippen molar-refractivity contribution in [2.75, 3.05) is 0 Å². The fourth-order valence-corrected chi connectivity index (χ4v) is 1.65. The highest BCUT2D eigenvalue weighted by atomic mass is 16.3.